The summed E-state index contributed by atoms with van der Waals surface area (Å²) in [6, 6.07) is 11.6. The van der Waals surface area contributed by atoms with E-state index in [4.69, 9.17) is 5.73 Å². The van der Waals surface area contributed by atoms with Crippen molar-refractivity contribution in [1.29, 1.82) is 0 Å². The Hall–Kier alpha value is -4.11. The van der Waals surface area contributed by atoms with Crippen molar-refractivity contribution >= 4 is 27.3 Å². The van der Waals surface area contributed by atoms with Crippen molar-refractivity contribution in [3.63, 3.8) is 0 Å². The van der Waals surface area contributed by atoms with Gasteiger partial charge in [0, 0.05) is 18.8 Å². The minimum Gasteiger partial charge on any atom is -0.507 e. The van der Waals surface area contributed by atoms with E-state index < -0.39 is 21.7 Å². The van der Waals surface area contributed by atoms with Gasteiger partial charge in [0.1, 0.15) is 10.6 Å². The van der Waals surface area contributed by atoms with E-state index in [9.17, 15) is 18.3 Å². The lowest BCUT2D eigenvalue weighted by atomic mass is 10.1. The molecule has 0 fully saturated rings. The quantitative estimate of drug-likeness (QED) is 0.310. The van der Waals surface area contributed by atoms with Gasteiger partial charge in [-0.25, -0.2) is 8.42 Å². The van der Waals surface area contributed by atoms with E-state index in [0.717, 1.165) is 22.8 Å². The number of pyridine rings is 1. The smallest absolute Gasteiger partial charge is 0.264 e. The fourth-order valence-electron chi connectivity index (χ4n) is 3.39. The molecule has 0 aliphatic heterocycles. The molecule has 0 aliphatic rings. The monoisotopic (exact) mass is 478 g/mol. The number of nitrogens with one attached hydrogen (secondary N) is 2. The molecule has 0 radical (unpaired) electrons. The Morgan fingerprint density at radius 1 is 1.03 bits per heavy atom. The third-order valence-corrected chi connectivity index (χ3v) is 6.36. The number of phenols is 1. The number of sulfonamides is 1. The standard InChI is InChI=1S/C25H26N4O4S/c1-3-6-17-8-5-9-19(10-17)15-28-22-13-23(30)21(25(26)31)12-24(22)34(32,33)29-20-11-18(7-4-2)14-27-16-20/h3-5,8-14,16,28-30H,1-2,6-7,15H2,(H2,26,31). The number of amides is 1. The van der Waals surface area contributed by atoms with Crippen LogP contribution < -0.4 is 15.8 Å². The Kier molecular flexibility index (Phi) is 7.70. The largest absolute Gasteiger partial charge is 0.507 e. The molecule has 176 valence electrons. The molecule has 1 heterocycles. The summed E-state index contributed by atoms with van der Waals surface area (Å²) in [6.07, 6.45) is 7.68. The van der Waals surface area contributed by atoms with Crippen LogP contribution in [0.4, 0.5) is 11.4 Å². The number of aromatic nitrogens is 1. The summed E-state index contributed by atoms with van der Waals surface area (Å²) in [6.45, 7) is 7.68. The number of anilines is 2. The van der Waals surface area contributed by atoms with Crippen molar-refractivity contribution in [3.05, 3.63) is 102 Å². The van der Waals surface area contributed by atoms with Crippen LogP contribution in [0.5, 0.6) is 5.75 Å². The Balaban J connectivity index is 1.97. The highest BCUT2D eigenvalue weighted by Gasteiger charge is 2.23. The summed E-state index contributed by atoms with van der Waals surface area (Å²) in [5, 5.41) is 13.3. The Morgan fingerprint density at radius 2 is 1.74 bits per heavy atom. The molecule has 8 nitrogen and oxygen atoms in total. The van der Waals surface area contributed by atoms with Gasteiger partial charge in [-0.3, -0.25) is 14.5 Å². The van der Waals surface area contributed by atoms with Gasteiger partial charge in [-0.1, -0.05) is 36.4 Å². The molecular weight excluding hydrogens is 452 g/mol. The number of nitrogens with two attached hydrogens (primary N) is 1. The van der Waals surface area contributed by atoms with Gasteiger partial charge in [0.25, 0.3) is 15.9 Å². The maximum atomic E-state index is 13.3. The molecule has 34 heavy (non-hydrogen) atoms. The third kappa shape index (κ3) is 6.02. The minimum absolute atomic E-state index is 0.110. The third-order valence-electron chi connectivity index (χ3n) is 4.93. The van der Waals surface area contributed by atoms with Crippen LogP contribution in [0.15, 0.2) is 85.1 Å². The van der Waals surface area contributed by atoms with E-state index >= 15 is 0 Å². The zero-order chi connectivity index (χ0) is 24.7. The molecule has 0 atom stereocenters. The molecule has 2 aromatic carbocycles. The molecule has 0 saturated carbocycles. The maximum Gasteiger partial charge on any atom is 0.264 e. The summed E-state index contributed by atoms with van der Waals surface area (Å²) in [5.74, 6) is -1.38. The first-order chi connectivity index (χ1) is 16.2. The van der Waals surface area contributed by atoms with Crippen LogP contribution in [-0.2, 0) is 29.4 Å². The average molecular weight is 479 g/mol. The van der Waals surface area contributed by atoms with Crippen LogP contribution in [0.25, 0.3) is 0 Å². The number of carbonyl (C=O) groups excluding carboxylic acids is 1. The second-order valence-corrected chi connectivity index (χ2v) is 9.23. The Bertz CT molecular complexity index is 1340. The highest BCUT2D eigenvalue weighted by Crippen LogP contribution is 2.31. The Morgan fingerprint density at radius 3 is 2.44 bits per heavy atom. The van der Waals surface area contributed by atoms with Crippen molar-refractivity contribution in [2.45, 2.75) is 24.3 Å². The van der Waals surface area contributed by atoms with Crippen molar-refractivity contribution in [1.82, 2.24) is 4.98 Å². The molecule has 0 aliphatic carbocycles. The average Bonchev–Trinajstić information content (AvgIpc) is 2.78. The molecular formula is C25H26N4O4S. The number of benzene rings is 2. The fraction of sp³-hybridized carbons (Fsp3) is 0.120. The van der Waals surface area contributed by atoms with Gasteiger partial charge in [-0.05, 0) is 41.7 Å². The van der Waals surface area contributed by atoms with E-state index in [1.165, 1.54) is 12.3 Å². The zero-order valence-corrected chi connectivity index (χ0v) is 19.3. The van der Waals surface area contributed by atoms with Crippen LogP contribution in [0, 0.1) is 0 Å². The van der Waals surface area contributed by atoms with E-state index in [2.05, 4.69) is 28.2 Å². The molecule has 5 N–H and O–H groups in total. The number of allylic oxidation sites excluding steroid dienone is 2. The molecule has 0 unspecified atom stereocenters. The predicted molar refractivity (Wildman–Crippen MR) is 133 cm³/mol. The zero-order valence-electron chi connectivity index (χ0n) is 18.5. The van der Waals surface area contributed by atoms with Crippen molar-refractivity contribution in [2.24, 2.45) is 5.73 Å². The minimum atomic E-state index is -4.18. The second kappa shape index (κ2) is 10.7. The van der Waals surface area contributed by atoms with Gasteiger partial charge >= 0.3 is 0 Å². The highest BCUT2D eigenvalue weighted by atomic mass is 32.2. The lowest BCUT2D eigenvalue weighted by Gasteiger charge is -2.16. The predicted octanol–water partition coefficient (Wildman–Crippen LogP) is 3.76. The van der Waals surface area contributed by atoms with Crippen LogP contribution >= 0.6 is 0 Å². The summed E-state index contributed by atoms with van der Waals surface area (Å²) >= 11 is 0. The number of primary amides is 1. The number of rotatable bonds is 11. The van der Waals surface area contributed by atoms with Gasteiger partial charge in [0.2, 0.25) is 0 Å². The molecule has 1 amide bonds. The molecule has 9 heteroatoms. The molecule has 3 rings (SSSR count). The number of hydrogen-bond acceptors (Lipinski definition) is 6. The van der Waals surface area contributed by atoms with Gasteiger partial charge in [0.05, 0.1) is 23.1 Å². The van der Waals surface area contributed by atoms with Crippen molar-refractivity contribution < 1.29 is 18.3 Å². The maximum absolute atomic E-state index is 13.3. The molecule has 0 bridgehead atoms. The number of hydrogen-bond donors (Lipinski definition) is 4. The summed E-state index contributed by atoms with van der Waals surface area (Å²) in [4.78, 5) is 15.6. The first kappa shape index (κ1) is 24.5. The normalized spacial score (nSPS) is 10.9. The van der Waals surface area contributed by atoms with Crippen molar-refractivity contribution in [3.8, 4) is 5.75 Å². The lowest BCUT2D eigenvalue weighted by molar-refractivity contribution is 0.0997. The number of aromatic hydroxyl groups is 1. The van der Waals surface area contributed by atoms with E-state index in [1.807, 2.05) is 24.3 Å². The molecule has 3 aromatic rings. The summed E-state index contributed by atoms with van der Waals surface area (Å²) in [7, 11) is -4.18. The van der Waals surface area contributed by atoms with E-state index in [1.54, 1.807) is 24.4 Å². The summed E-state index contributed by atoms with van der Waals surface area (Å²) in [5.41, 5.74) is 8.11. The lowest BCUT2D eigenvalue weighted by Crippen LogP contribution is -2.18. The second-order valence-electron chi connectivity index (χ2n) is 7.58. The fourth-order valence-corrected chi connectivity index (χ4v) is 4.61. The summed E-state index contributed by atoms with van der Waals surface area (Å²) < 4.78 is 29.0. The van der Waals surface area contributed by atoms with Crippen LogP contribution in [0.3, 0.4) is 0 Å². The number of nitrogens with zero attached hydrogens (tertiary/aromatic N) is 1. The van der Waals surface area contributed by atoms with Gasteiger partial charge in [0.15, 0.2) is 0 Å². The molecule has 0 saturated heterocycles. The SMILES string of the molecule is C=CCc1cccc(CNc2cc(O)c(C(N)=O)cc2S(=O)(=O)Nc2cncc(CC=C)c2)c1. The van der Waals surface area contributed by atoms with Gasteiger partial charge in [-0.15, -0.1) is 13.2 Å². The van der Waals surface area contributed by atoms with E-state index in [0.29, 0.717) is 12.8 Å². The first-order valence-electron chi connectivity index (χ1n) is 10.4. The topological polar surface area (TPSA) is 134 Å². The molecule has 0 spiro atoms. The van der Waals surface area contributed by atoms with E-state index in [-0.39, 0.29) is 28.4 Å². The highest BCUT2D eigenvalue weighted by molar-refractivity contribution is 7.92. The van der Waals surface area contributed by atoms with Gasteiger partial charge in [-0.2, -0.15) is 0 Å². The van der Waals surface area contributed by atoms with Crippen LogP contribution in [-0.4, -0.2) is 24.4 Å². The van der Waals surface area contributed by atoms with Crippen LogP contribution in [0.2, 0.25) is 0 Å². The molecule has 1 aromatic heterocycles. The number of carbonyl (C=O) groups is 1. The van der Waals surface area contributed by atoms with Gasteiger partial charge < -0.3 is 16.2 Å². The van der Waals surface area contributed by atoms with Crippen LogP contribution in [0.1, 0.15) is 27.0 Å². The first-order valence-corrected chi connectivity index (χ1v) is 11.9. The van der Waals surface area contributed by atoms with Crippen molar-refractivity contribution in [2.75, 3.05) is 10.0 Å². The Labute approximate surface area is 198 Å².